The molecule has 0 N–H and O–H groups in total. The molecule has 0 fully saturated rings. The van der Waals surface area contributed by atoms with E-state index in [0.717, 1.165) is 33.6 Å². The number of aryl methyl sites for hydroxylation is 2. The number of hydrogen-bond donors (Lipinski definition) is 0. The Balaban J connectivity index is 1.71. The minimum Gasteiger partial charge on any atom is -0.464 e. The molecule has 24 heavy (non-hydrogen) atoms. The smallest absolute Gasteiger partial charge is 0.289 e. The number of hydrogen-bond acceptors (Lipinski definition) is 6. The molecule has 1 atom stereocenters. The number of azo groups is 1. The number of fused-ring (bicyclic) bond motifs is 3. The molecule has 0 radical (unpaired) electrons. The zero-order valence-electron chi connectivity index (χ0n) is 13.6. The van der Waals surface area contributed by atoms with Crippen molar-refractivity contribution < 1.29 is 4.42 Å². The SMILES string of the molecule is Cc1ccc(C(C)N=Nc2nnc3c4ccccc4n(C)c3n2)o1. The van der Waals surface area contributed by atoms with E-state index >= 15 is 0 Å². The molecule has 7 heteroatoms. The van der Waals surface area contributed by atoms with E-state index in [1.54, 1.807) is 0 Å². The van der Waals surface area contributed by atoms with Crippen molar-refractivity contribution in [2.24, 2.45) is 17.3 Å². The number of para-hydroxylation sites is 1. The minimum atomic E-state index is -0.203. The Morgan fingerprint density at radius 2 is 1.96 bits per heavy atom. The third-order valence-corrected chi connectivity index (χ3v) is 3.99. The van der Waals surface area contributed by atoms with E-state index in [2.05, 4.69) is 25.4 Å². The van der Waals surface area contributed by atoms with Crippen LogP contribution in [0.3, 0.4) is 0 Å². The minimum absolute atomic E-state index is 0.203. The molecule has 0 aliphatic rings. The van der Waals surface area contributed by atoms with Gasteiger partial charge in [-0.25, -0.2) is 0 Å². The average molecular weight is 320 g/mol. The van der Waals surface area contributed by atoms with E-state index < -0.39 is 0 Å². The largest absolute Gasteiger partial charge is 0.464 e. The molecule has 0 bridgehead atoms. The lowest BCUT2D eigenvalue weighted by atomic mass is 10.2. The highest BCUT2D eigenvalue weighted by atomic mass is 16.3. The molecule has 0 saturated carbocycles. The second-order valence-electron chi connectivity index (χ2n) is 5.70. The average Bonchev–Trinajstić information content (AvgIpc) is 3.16. The molecule has 1 unspecified atom stereocenters. The Hall–Kier alpha value is -3.09. The van der Waals surface area contributed by atoms with E-state index in [1.807, 2.05) is 61.9 Å². The van der Waals surface area contributed by atoms with Gasteiger partial charge in [0.1, 0.15) is 23.1 Å². The summed E-state index contributed by atoms with van der Waals surface area (Å²) in [5, 5.41) is 17.7. The summed E-state index contributed by atoms with van der Waals surface area (Å²) in [6.07, 6.45) is 0. The fourth-order valence-electron chi connectivity index (χ4n) is 2.71. The third-order valence-electron chi connectivity index (χ3n) is 3.99. The molecule has 0 aliphatic heterocycles. The lowest BCUT2D eigenvalue weighted by Gasteiger charge is -2.00. The Labute approximate surface area is 138 Å². The van der Waals surface area contributed by atoms with E-state index in [-0.39, 0.29) is 12.0 Å². The van der Waals surface area contributed by atoms with Crippen molar-refractivity contribution in [2.45, 2.75) is 19.9 Å². The van der Waals surface area contributed by atoms with Crippen LogP contribution in [0.15, 0.2) is 51.0 Å². The van der Waals surface area contributed by atoms with Gasteiger partial charge in [-0.15, -0.1) is 15.3 Å². The summed E-state index contributed by atoms with van der Waals surface area (Å²) in [5.41, 5.74) is 2.56. The zero-order chi connectivity index (χ0) is 16.7. The summed E-state index contributed by atoms with van der Waals surface area (Å²) >= 11 is 0. The number of aromatic nitrogens is 4. The molecule has 7 nitrogen and oxygen atoms in total. The maximum Gasteiger partial charge on any atom is 0.289 e. The summed E-state index contributed by atoms with van der Waals surface area (Å²) in [7, 11) is 1.95. The number of rotatable bonds is 3. The van der Waals surface area contributed by atoms with Crippen molar-refractivity contribution in [3.05, 3.63) is 47.9 Å². The van der Waals surface area contributed by atoms with Gasteiger partial charge in [0.15, 0.2) is 5.65 Å². The molecule has 1 aromatic carbocycles. The maximum absolute atomic E-state index is 5.55. The fraction of sp³-hybridized carbons (Fsp3) is 0.235. The van der Waals surface area contributed by atoms with Crippen molar-refractivity contribution in [3.63, 3.8) is 0 Å². The van der Waals surface area contributed by atoms with Crippen LogP contribution in [-0.4, -0.2) is 19.7 Å². The quantitative estimate of drug-likeness (QED) is 0.528. The molecule has 3 heterocycles. The first kappa shape index (κ1) is 14.5. The van der Waals surface area contributed by atoms with Crippen LogP contribution in [0.2, 0.25) is 0 Å². The zero-order valence-corrected chi connectivity index (χ0v) is 13.6. The Bertz CT molecular complexity index is 1060. The van der Waals surface area contributed by atoms with Crippen LogP contribution in [0, 0.1) is 6.92 Å². The number of furan rings is 1. The van der Waals surface area contributed by atoms with Crippen molar-refractivity contribution >= 4 is 28.0 Å². The predicted molar refractivity (Wildman–Crippen MR) is 90.2 cm³/mol. The summed E-state index contributed by atoms with van der Waals surface area (Å²) in [6.45, 7) is 3.80. The molecule has 4 aromatic rings. The Morgan fingerprint density at radius 1 is 1.12 bits per heavy atom. The van der Waals surface area contributed by atoms with E-state index in [4.69, 9.17) is 4.42 Å². The van der Waals surface area contributed by atoms with Gasteiger partial charge in [0.2, 0.25) is 0 Å². The molecule has 0 spiro atoms. The second kappa shape index (κ2) is 5.52. The molecular weight excluding hydrogens is 304 g/mol. The van der Waals surface area contributed by atoms with Crippen molar-refractivity contribution in [2.75, 3.05) is 0 Å². The van der Waals surface area contributed by atoms with Gasteiger partial charge in [0, 0.05) is 12.4 Å². The van der Waals surface area contributed by atoms with Crippen molar-refractivity contribution in [1.29, 1.82) is 0 Å². The van der Waals surface area contributed by atoms with Gasteiger partial charge in [-0.3, -0.25) is 0 Å². The Morgan fingerprint density at radius 3 is 2.75 bits per heavy atom. The molecule has 0 amide bonds. The predicted octanol–water partition coefficient (Wildman–Crippen LogP) is 4.26. The normalized spacial score (nSPS) is 13.3. The lowest BCUT2D eigenvalue weighted by Crippen LogP contribution is -1.93. The van der Waals surface area contributed by atoms with Gasteiger partial charge < -0.3 is 8.98 Å². The van der Waals surface area contributed by atoms with Crippen LogP contribution in [0.25, 0.3) is 22.1 Å². The van der Waals surface area contributed by atoms with Crippen LogP contribution in [-0.2, 0) is 7.05 Å². The summed E-state index contributed by atoms with van der Waals surface area (Å²) < 4.78 is 7.53. The molecule has 0 aliphatic carbocycles. The molecule has 3 aromatic heterocycles. The summed E-state index contributed by atoms with van der Waals surface area (Å²) in [5.74, 6) is 1.85. The van der Waals surface area contributed by atoms with Crippen molar-refractivity contribution in [1.82, 2.24) is 19.7 Å². The van der Waals surface area contributed by atoms with Crippen LogP contribution in [0.4, 0.5) is 5.95 Å². The van der Waals surface area contributed by atoms with E-state index in [9.17, 15) is 0 Å². The van der Waals surface area contributed by atoms with Crippen LogP contribution in [0.5, 0.6) is 0 Å². The van der Waals surface area contributed by atoms with Crippen molar-refractivity contribution in [3.8, 4) is 0 Å². The topological polar surface area (TPSA) is 81.5 Å². The second-order valence-corrected chi connectivity index (χ2v) is 5.70. The van der Waals surface area contributed by atoms with Crippen LogP contribution < -0.4 is 0 Å². The molecule has 120 valence electrons. The summed E-state index contributed by atoms with van der Waals surface area (Å²) in [6, 6.07) is 11.6. The molecule has 0 saturated heterocycles. The van der Waals surface area contributed by atoms with Gasteiger partial charge in [0.05, 0.1) is 5.52 Å². The Kier molecular flexibility index (Phi) is 3.34. The molecular formula is C17H16N6O. The standard InChI is InChI=1S/C17H16N6O/c1-10-8-9-14(24-10)11(2)19-21-17-18-16-15(20-22-17)12-6-4-5-7-13(12)23(16)3/h4-9,11H,1-3H3. The summed E-state index contributed by atoms with van der Waals surface area (Å²) in [4.78, 5) is 4.48. The lowest BCUT2D eigenvalue weighted by molar-refractivity contribution is 0.453. The highest BCUT2D eigenvalue weighted by Crippen LogP contribution is 2.26. The molecule has 4 rings (SSSR count). The van der Waals surface area contributed by atoms with Gasteiger partial charge in [-0.05, 0) is 32.0 Å². The third kappa shape index (κ3) is 2.34. The van der Waals surface area contributed by atoms with Crippen LogP contribution >= 0.6 is 0 Å². The van der Waals surface area contributed by atoms with Gasteiger partial charge >= 0.3 is 0 Å². The van der Waals surface area contributed by atoms with Crippen LogP contribution in [0.1, 0.15) is 24.5 Å². The van der Waals surface area contributed by atoms with Gasteiger partial charge in [0.25, 0.3) is 5.95 Å². The first-order valence-corrected chi connectivity index (χ1v) is 7.68. The van der Waals surface area contributed by atoms with E-state index in [1.165, 1.54) is 0 Å². The first-order valence-electron chi connectivity index (χ1n) is 7.68. The van der Waals surface area contributed by atoms with E-state index in [0.29, 0.717) is 0 Å². The monoisotopic (exact) mass is 320 g/mol. The highest BCUT2D eigenvalue weighted by Gasteiger charge is 2.12. The number of nitrogens with zero attached hydrogens (tertiary/aromatic N) is 6. The van der Waals surface area contributed by atoms with Gasteiger partial charge in [-0.1, -0.05) is 18.2 Å². The number of benzene rings is 1. The fourth-order valence-corrected chi connectivity index (χ4v) is 2.71. The highest BCUT2D eigenvalue weighted by molar-refractivity contribution is 6.04. The first-order chi connectivity index (χ1) is 11.6. The van der Waals surface area contributed by atoms with Gasteiger partial charge in [-0.2, -0.15) is 10.1 Å². The maximum atomic E-state index is 5.55.